The van der Waals surface area contributed by atoms with Crippen LogP contribution in [0.4, 0.5) is 0 Å². The summed E-state index contributed by atoms with van der Waals surface area (Å²) in [6.45, 7) is 13.6. The number of furan rings is 1. The molecular formula is C46H44IrN4O-2. The predicted molar refractivity (Wildman–Crippen MR) is 211 cm³/mol. The minimum atomic E-state index is -2.09. The van der Waals surface area contributed by atoms with Gasteiger partial charge in [-0.2, -0.15) is 0 Å². The van der Waals surface area contributed by atoms with Gasteiger partial charge in [-0.3, -0.25) is 4.98 Å². The molecule has 4 aromatic carbocycles. The van der Waals surface area contributed by atoms with Crippen LogP contribution >= 0.6 is 0 Å². The molecular weight excluding hydrogens is 817 g/mol. The van der Waals surface area contributed by atoms with E-state index in [-0.39, 0.29) is 31.1 Å². The molecule has 0 fully saturated rings. The van der Waals surface area contributed by atoms with Crippen molar-refractivity contribution in [1.82, 2.24) is 19.5 Å². The quantitative estimate of drug-likeness (QED) is 0.162. The first-order valence-electron chi connectivity index (χ1n) is 19.0. The molecule has 5 nitrogen and oxygen atoms in total. The third-order valence-corrected chi connectivity index (χ3v) is 9.25. The van der Waals surface area contributed by atoms with Gasteiger partial charge in [0.15, 0.2) is 5.65 Å². The molecule has 0 amide bonds. The van der Waals surface area contributed by atoms with Gasteiger partial charge in [0.2, 0.25) is 0 Å². The van der Waals surface area contributed by atoms with Crippen molar-refractivity contribution >= 4 is 33.1 Å². The zero-order chi connectivity index (χ0) is 38.4. The number of pyridine rings is 2. The van der Waals surface area contributed by atoms with Gasteiger partial charge < -0.3 is 14.0 Å². The van der Waals surface area contributed by atoms with E-state index in [4.69, 9.17) is 18.5 Å². The summed E-state index contributed by atoms with van der Waals surface area (Å²) in [5.74, 6) is 1.47. The summed E-state index contributed by atoms with van der Waals surface area (Å²) in [5, 5.41) is 2.16. The first kappa shape index (κ1) is 33.0. The summed E-state index contributed by atoms with van der Waals surface area (Å²) in [7, 11) is 0. The molecule has 4 aromatic heterocycles. The van der Waals surface area contributed by atoms with Crippen LogP contribution in [0.3, 0.4) is 0 Å². The molecule has 265 valence electrons. The van der Waals surface area contributed by atoms with Crippen molar-refractivity contribution in [2.24, 2.45) is 0 Å². The summed E-state index contributed by atoms with van der Waals surface area (Å²) in [6, 6.07) is 38.4. The van der Waals surface area contributed by atoms with E-state index in [1.165, 1.54) is 28.6 Å². The molecule has 8 aromatic rings. The normalized spacial score (nSPS) is 12.8. The van der Waals surface area contributed by atoms with Crippen molar-refractivity contribution in [2.45, 2.75) is 72.6 Å². The fraction of sp³-hybridized carbons (Fsp3) is 0.239. The van der Waals surface area contributed by atoms with E-state index in [1.807, 2.05) is 42.6 Å². The number of hydrogen-bond acceptors (Lipinski definition) is 4. The smallest absolute Gasteiger partial charge is 0.168 e. The largest absolute Gasteiger partial charge is 0.501 e. The Kier molecular flexibility index (Phi) is 9.50. The summed E-state index contributed by atoms with van der Waals surface area (Å²) in [4.78, 5) is 14.2. The standard InChI is InChI=1S/C34H34N3O.C12H10N.Ir/c1-20(2)23-13-10-14-24(21(3)4)30(23)37-28-18-22(34(5,6)7)19-35-32(28)36-33(37)27-16-11-15-26-25-12-8-9-17-29(25)38-31(26)27;1-10-7-8-12(13-9-10)11-5-3-2-4-6-11;/h8-15,17-21H,1-7H3;2-5,7-9H,1H3;/q2*-1;/i;1D3;. The van der Waals surface area contributed by atoms with Crippen LogP contribution in [-0.4, -0.2) is 19.5 Å². The number of imidazole rings is 1. The molecule has 4 heterocycles. The zero-order valence-corrected chi connectivity index (χ0v) is 33.0. The van der Waals surface area contributed by atoms with E-state index >= 15 is 0 Å². The minimum Gasteiger partial charge on any atom is -0.501 e. The number of aryl methyl sites for hydroxylation is 1. The Morgan fingerprint density at radius 3 is 2.17 bits per heavy atom. The number of aromatic nitrogens is 4. The molecule has 0 aliphatic rings. The van der Waals surface area contributed by atoms with E-state index in [0.29, 0.717) is 11.8 Å². The SMILES string of the molecule is CC(C)c1cccc(C(C)C)c1-n1c(-c2[c-]ccc3c2oc2ccccc23)nc2ncc(C(C)(C)C)cc21.[2H]C([2H])([2H])c1ccc(-c2[c-]cccc2)nc1.[Ir]. The molecule has 1 radical (unpaired) electrons. The number of hydrogen-bond donors (Lipinski definition) is 0. The van der Waals surface area contributed by atoms with Crippen molar-refractivity contribution in [3.8, 4) is 28.3 Å². The van der Waals surface area contributed by atoms with Crippen molar-refractivity contribution in [2.75, 3.05) is 0 Å². The van der Waals surface area contributed by atoms with Gasteiger partial charge >= 0.3 is 0 Å². The Morgan fingerprint density at radius 1 is 0.769 bits per heavy atom. The first-order chi connectivity index (χ1) is 25.7. The number of rotatable bonds is 5. The van der Waals surface area contributed by atoms with Crippen molar-refractivity contribution in [3.05, 3.63) is 144 Å². The van der Waals surface area contributed by atoms with Crippen LogP contribution in [0.25, 0.3) is 61.4 Å². The zero-order valence-electron chi connectivity index (χ0n) is 33.6. The van der Waals surface area contributed by atoms with Crippen LogP contribution < -0.4 is 0 Å². The Balaban J connectivity index is 0.000000254. The Labute approximate surface area is 324 Å². The molecule has 0 N–H and O–H groups in total. The van der Waals surface area contributed by atoms with E-state index in [1.54, 1.807) is 18.2 Å². The maximum atomic E-state index is 7.23. The Bertz CT molecular complexity index is 2560. The molecule has 0 saturated carbocycles. The fourth-order valence-corrected chi connectivity index (χ4v) is 6.50. The second kappa shape index (κ2) is 15.0. The fourth-order valence-electron chi connectivity index (χ4n) is 6.50. The third-order valence-electron chi connectivity index (χ3n) is 9.25. The van der Waals surface area contributed by atoms with Gasteiger partial charge in [0.05, 0.1) is 16.9 Å². The molecule has 0 spiro atoms. The van der Waals surface area contributed by atoms with Crippen molar-refractivity contribution in [1.29, 1.82) is 0 Å². The third kappa shape index (κ3) is 7.11. The topological polar surface area (TPSA) is 56.7 Å². The summed E-state index contributed by atoms with van der Waals surface area (Å²) in [6.07, 6.45) is 3.36. The number of nitrogens with zero attached hydrogens (tertiary/aromatic N) is 4. The summed E-state index contributed by atoms with van der Waals surface area (Å²) < 4.78 is 30.5. The number of fused-ring (bicyclic) bond motifs is 4. The predicted octanol–water partition coefficient (Wildman–Crippen LogP) is 12.2. The average Bonchev–Trinajstić information content (AvgIpc) is 3.73. The molecule has 6 heteroatoms. The molecule has 52 heavy (non-hydrogen) atoms. The van der Waals surface area contributed by atoms with E-state index in [0.717, 1.165) is 55.7 Å². The van der Waals surface area contributed by atoms with Gasteiger partial charge in [0, 0.05) is 47.7 Å². The summed E-state index contributed by atoms with van der Waals surface area (Å²) in [5.41, 5.74) is 11.0. The maximum Gasteiger partial charge on any atom is 0.168 e. The van der Waals surface area contributed by atoms with Crippen LogP contribution in [0, 0.1) is 19.0 Å². The molecule has 0 atom stereocenters. The van der Waals surface area contributed by atoms with E-state index in [2.05, 4.69) is 113 Å². The molecule has 0 bridgehead atoms. The van der Waals surface area contributed by atoms with Gasteiger partial charge in [0.25, 0.3) is 0 Å². The van der Waals surface area contributed by atoms with Crippen LogP contribution in [-0.2, 0) is 25.5 Å². The number of para-hydroxylation sites is 2. The Morgan fingerprint density at radius 2 is 1.52 bits per heavy atom. The van der Waals surface area contributed by atoms with Crippen LogP contribution in [0.2, 0.25) is 0 Å². The first-order valence-corrected chi connectivity index (χ1v) is 17.5. The summed E-state index contributed by atoms with van der Waals surface area (Å²) >= 11 is 0. The van der Waals surface area contributed by atoms with E-state index < -0.39 is 6.85 Å². The molecule has 0 unspecified atom stereocenters. The van der Waals surface area contributed by atoms with Gasteiger partial charge in [-0.15, -0.1) is 54.1 Å². The minimum absolute atomic E-state index is 0. The van der Waals surface area contributed by atoms with Gasteiger partial charge in [0.1, 0.15) is 5.58 Å². The maximum absolute atomic E-state index is 7.23. The van der Waals surface area contributed by atoms with Crippen LogP contribution in [0.1, 0.15) is 86.7 Å². The van der Waals surface area contributed by atoms with Crippen molar-refractivity contribution < 1.29 is 28.6 Å². The van der Waals surface area contributed by atoms with E-state index in [9.17, 15) is 0 Å². The molecule has 8 rings (SSSR count). The molecule has 0 aliphatic heterocycles. The van der Waals surface area contributed by atoms with Crippen molar-refractivity contribution in [3.63, 3.8) is 0 Å². The van der Waals surface area contributed by atoms with Gasteiger partial charge in [-0.05, 0) is 64.2 Å². The van der Waals surface area contributed by atoms with Gasteiger partial charge in [-0.1, -0.05) is 108 Å². The Hall–Kier alpha value is -4.90. The second-order valence-electron chi connectivity index (χ2n) is 14.6. The van der Waals surface area contributed by atoms with Gasteiger partial charge in [-0.25, -0.2) is 4.98 Å². The second-order valence-corrected chi connectivity index (χ2v) is 14.6. The van der Waals surface area contributed by atoms with Crippen LogP contribution in [0.15, 0.2) is 114 Å². The molecule has 0 saturated heterocycles. The monoisotopic (exact) mass is 864 g/mol. The molecule has 0 aliphatic carbocycles. The van der Waals surface area contributed by atoms with Crippen LogP contribution in [0.5, 0.6) is 0 Å². The number of benzene rings is 4. The average molecular weight is 864 g/mol.